The molecule has 2 fully saturated rings. The summed E-state index contributed by atoms with van der Waals surface area (Å²) in [6.45, 7) is 6.51. The Labute approximate surface area is 566 Å². The second-order valence-electron chi connectivity index (χ2n) is 25.3. The van der Waals surface area contributed by atoms with Crippen molar-refractivity contribution in [3.05, 3.63) is 48.6 Å². The minimum atomic E-state index is -5.37. The third-order valence-electron chi connectivity index (χ3n) is 16.5. The Hall–Kier alpha value is -2.98. The molecular formula is C68H124N2O23P2+2. The van der Waals surface area contributed by atoms with Crippen LogP contribution in [-0.4, -0.2) is 183 Å². The summed E-state index contributed by atoms with van der Waals surface area (Å²) in [4.78, 5) is 118. The Morgan fingerprint density at radius 3 is 1.09 bits per heavy atom. The van der Waals surface area contributed by atoms with Gasteiger partial charge in [0.1, 0.15) is 30.4 Å². The van der Waals surface area contributed by atoms with Crippen LogP contribution in [0.3, 0.4) is 0 Å². The van der Waals surface area contributed by atoms with Crippen LogP contribution in [0.15, 0.2) is 48.6 Å². The van der Waals surface area contributed by atoms with Crippen LogP contribution in [-0.2, 0) is 51.9 Å². The van der Waals surface area contributed by atoms with Crippen LogP contribution in [0.1, 0.15) is 259 Å². The highest BCUT2D eigenvalue weighted by atomic mass is 31.2. The molecule has 0 aromatic rings. The van der Waals surface area contributed by atoms with Crippen LogP contribution in [0.5, 0.6) is 0 Å². The maximum atomic E-state index is 14.1. The maximum Gasteiger partial charge on any atom is 0.570 e. The minimum absolute atomic E-state index is 0.150. The van der Waals surface area contributed by atoms with Crippen molar-refractivity contribution >= 4 is 40.1 Å². The fourth-order valence-corrected chi connectivity index (χ4v) is 12.3. The van der Waals surface area contributed by atoms with Crippen LogP contribution >= 0.6 is 16.3 Å². The van der Waals surface area contributed by atoms with Gasteiger partial charge in [-0.15, -0.1) is 9.05 Å². The summed E-state index contributed by atoms with van der Waals surface area (Å²) in [5, 5.41) is 72.1. The summed E-state index contributed by atoms with van der Waals surface area (Å²) in [5.41, 5.74) is 0. The minimum Gasteiger partial charge on any atom is -0.457 e. The van der Waals surface area contributed by atoms with Gasteiger partial charge >= 0.3 is 28.3 Å². The van der Waals surface area contributed by atoms with Crippen LogP contribution in [0.25, 0.3) is 0 Å². The van der Waals surface area contributed by atoms with E-state index in [1.165, 1.54) is 0 Å². The summed E-state index contributed by atoms with van der Waals surface area (Å²) in [6, 6.07) is -3.72. The third kappa shape index (κ3) is 42.7. The summed E-state index contributed by atoms with van der Waals surface area (Å²) in [5.74, 6) is -4.04. The number of hydrogen-bond donors (Lipinski definition) is 14. The molecule has 95 heavy (non-hydrogen) atoms. The predicted octanol–water partition coefficient (Wildman–Crippen LogP) is 9.10. The van der Waals surface area contributed by atoms with Gasteiger partial charge in [0.05, 0.1) is 63.3 Å². The van der Waals surface area contributed by atoms with Crippen LogP contribution in [0, 0.1) is 0 Å². The third-order valence-corrected chi connectivity index (χ3v) is 17.5. The largest absolute Gasteiger partial charge is 0.570 e. The zero-order chi connectivity index (χ0) is 70.3. The quantitative estimate of drug-likeness (QED) is 0.0117. The lowest BCUT2D eigenvalue weighted by atomic mass is 9.95. The lowest BCUT2D eigenvalue weighted by Gasteiger charge is -2.46. The molecule has 2 aliphatic rings. The number of nitrogens with one attached hydrogen (secondary N) is 2. The highest BCUT2D eigenvalue weighted by Crippen LogP contribution is 2.50. The first kappa shape index (κ1) is 88.1. The number of ether oxygens (including phenoxy) is 5. The molecule has 0 saturated carbocycles. The summed E-state index contributed by atoms with van der Waals surface area (Å²) in [6.07, 6.45) is 19.5. The highest BCUT2D eigenvalue weighted by molar-refractivity contribution is 7.53. The van der Waals surface area contributed by atoms with Crippen molar-refractivity contribution in [1.82, 2.24) is 10.6 Å². The fraction of sp³-hybridized carbons (Fsp3) is 0.824. The van der Waals surface area contributed by atoms with Crippen LogP contribution in [0.2, 0.25) is 0 Å². The molecule has 14 N–H and O–H groups in total. The highest BCUT2D eigenvalue weighted by Gasteiger charge is 2.58. The van der Waals surface area contributed by atoms with Gasteiger partial charge in [0, 0.05) is 0 Å². The second kappa shape index (κ2) is 53.0. The lowest BCUT2D eigenvalue weighted by Crippen LogP contribution is -2.68. The molecule has 2 aliphatic heterocycles. The molecule has 2 rings (SSSR count). The van der Waals surface area contributed by atoms with Crippen LogP contribution < -0.4 is 10.6 Å². The number of carbonyl (C=O) groups is 4. The molecule has 0 spiro atoms. The van der Waals surface area contributed by atoms with E-state index in [1.807, 2.05) is 24.3 Å². The Bertz CT molecular complexity index is 2130. The van der Waals surface area contributed by atoms with Gasteiger partial charge in [-0.25, -0.2) is 0 Å². The number of aliphatic hydroxyl groups is 6. The summed E-state index contributed by atoms with van der Waals surface area (Å²) >= 11 is 0. The Balaban J connectivity index is 2.59. The number of carbonyl (C=O) groups excluding carboxylic acids is 4. The average Bonchev–Trinajstić information content (AvgIpc) is 0.787. The summed E-state index contributed by atoms with van der Waals surface area (Å²) in [7, 11) is -10.7. The molecule has 552 valence electrons. The molecule has 2 heterocycles. The molecular weight excluding hydrogens is 1270 g/mol. The molecule has 2 saturated heterocycles. The smallest absolute Gasteiger partial charge is 0.457 e. The van der Waals surface area contributed by atoms with Crippen molar-refractivity contribution in [2.45, 2.75) is 345 Å². The van der Waals surface area contributed by atoms with E-state index in [-0.39, 0.29) is 25.7 Å². The summed E-state index contributed by atoms with van der Waals surface area (Å²) < 4.78 is 40.2. The molecule has 0 aromatic carbocycles. The SMILES string of the molecule is CCCCCC/C=C\CCCC(O)CC(=O)NC1[C@@H](O[P+](O)(O)O)OC(CO[C@@H]2OC(CO)[C@@H](O[P+](O)(O)O)[C@H](OC(=O)CC(O)CCC/C=C\CCCCCC)C2NC(=O)CC(O)CCC/C=C\CCCCCC)[C@@H](O)[C@@H]1OC(=O)CC(O)CCC/C=C\CCCCCC. The van der Waals surface area contributed by atoms with Crippen molar-refractivity contribution in [2.75, 3.05) is 13.2 Å². The van der Waals surface area contributed by atoms with Crippen molar-refractivity contribution < 1.29 is 112 Å². The van der Waals surface area contributed by atoms with Gasteiger partial charge in [0.15, 0.2) is 24.6 Å². The van der Waals surface area contributed by atoms with Gasteiger partial charge in [-0.1, -0.05) is 153 Å². The van der Waals surface area contributed by atoms with E-state index in [9.17, 15) is 79.2 Å². The number of esters is 2. The van der Waals surface area contributed by atoms with Crippen molar-refractivity contribution in [1.29, 1.82) is 0 Å². The van der Waals surface area contributed by atoms with E-state index in [1.54, 1.807) is 0 Å². The number of unbranched alkanes of at least 4 members (excludes halogenated alkanes) is 20. The molecule has 27 heteroatoms. The number of rotatable bonds is 56. The first-order valence-corrected chi connectivity index (χ1v) is 38.6. The molecule has 14 atom stereocenters. The molecule has 0 aromatic heterocycles. The maximum absolute atomic E-state index is 14.1. The predicted molar refractivity (Wildman–Crippen MR) is 363 cm³/mol. The van der Waals surface area contributed by atoms with Crippen LogP contribution in [0.4, 0.5) is 0 Å². The van der Waals surface area contributed by atoms with Crippen molar-refractivity contribution in [3.63, 3.8) is 0 Å². The number of amides is 2. The van der Waals surface area contributed by atoms with Gasteiger partial charge < -0.3 is 65.0 Å². The van der Waals surface area contributed by atoms with Crippen molar-refractivity contribution in [2.24, 2.45) is 0 Å². The standard InChI is InChI=1S/C68H122N2O23P2/c1-5-9-13-17-21-25-29-33-37-41-51(72)45-57(76)69-61-65(90-59(78)47-53(74)43-39-35-31-27-23-19-15-11-7-3)63(80)56(89-68(61)93-95(84,85)86)50-87-67-62(70-58(77)46-52(73)42-38-34-30-26-22-18-14-10-6-2)66(64(55(49-71)88-67)92-94(81,82)83)91-60(79)48-54(75)44-40-36-32-28-24-20-16-12-8-4/h25-32,51-56,61-68,71-75,80-86H,5-24,33-50H2,1-4H3/p+2/b29-25-,30-26-,31-27-,32-28-/t51?,52?,53?,54?,55?,56?,61?,62?,63-,64-,65-,66-,67-,68-/m1/s1. The zero-order valence-electron chi connectivity index (χ0n) is 57.3. The van der Waals surface area contributed by atoms with Crippen molar-refractivity contribution in [3.8, 4) is 0 Å². The van der Waals surface area contributed by atoms with E-state index in [0.29, 0.717) is 51.4 Å². The zero-order valence-corrected chi connectivity index (χ0v) is 59.1. The molecule has 0 aliphatic carbocycles. The normalized spacial score (nSPS) is 23.4. The Kier molecular flexibility index (Phi) is 49.1. The lowest BCUT2D eigenvalue weighted by molar-refractivity contribution is -0.297. The molecule has 0 radical (unpaired) electrons. The number of hydrogen-bond acceptors (Lipinski definition) is 23. The van der Waals surface area contributed by atoms with E-state index in [4.69, 9.17) is 32.7 Å². The van der Waals surface area contributed by atoms with Gasteiger partial charge in [-0.05, 0) is 128 Å². The molecule has 25 nitrogen and oxygen atoms in total. The van der Waals surface area contributed by atoms with E-state index < -0.39 is 165 Å². The average molecular weight is 1400 g/mol. The Morgan fingerprint density at radius 2 is 0.747 bits per heavy atom. The van der Waals surface area contributed by atoms with Gasteiger partial charge in [0.25, 0.3) is 0 Å². The van der Waals surface area contributed by atoms with E-state index >= 15 is 0 Å². The topological polar surface area (TPSA) is 400 Å². The number of allylic oxidation sites excluding steroid dienone is 8. The first-order valence-electron chi connectivity index (χ1n) is 35.5. The van der Waals surface area contributed by atoms with Gasteiger partial charge in [-0.2, -0.15) is 29.4 Å². The van der Waals surface area contributed by atoms with E-state index in [0.717, 1.165) is 128 Å². The fourth-order valence-electron chi connectivity index (χ4n) is 11.2. The second-order valence-corrected chi connectivity index (χ2v) is 27.8. The molecule has 0 bridgehead atoms. The molecule has 8 unspecified atom stereocenters. The molecule has 2 amide bonds. The van der Waals surface area contributed by atoms with E-state index in [2.05, 4.69) is 62.6 Å². The van der Waals surface area contributed by atoms with Gasteiger partial charge in [0.2, 0.25) is 18.1 Å². The monoisotopic (exact) mass is 1400 g/mol. The Morgan fingerprint density at radius 1 is 0.421 bits per heavy atom. The number of aliphatic hydroxyl groups excluding tert-OH is 6. The first-order chi connectivity index (χ1) is 45.4. The van der Waals surface area contributed by atoms with Gasteiger partial charge in [-0.3, -0.25) is 19.2 Å².